The van der Waals surface area contributed by atoms with E-state index in [0.29, 0.717) is 19.0 Å². The number of carboxylic acids is 1. The first kappa shape index (κ1) is 11.7. The molecule has 0 unspecified atom stereocenters. The number of carbonyl (C=O) groups excluding carboxylic acids is 1. The smallest absolute Gasteiger partial charge is 0.303 e. The van der Waals surface area contributed by atoms with E-state index in [0.717, 1.165) is 11.0 Å². The number of para-hydroxylation sites is 2. The Labute approximate surface area is 109 Å². The Hall–Kier alpha value is -2.37. The maximum atomic E-state index is 12.0. The van der Waals surface area contributed by atoms with Crippen molar-refractivity contribution in [1.82, 2.24) is 9.55 Å². The summed E-state index contributed by atoms with van der Waals surface area (Å²) in [5.74, 6) is -0.519. The number of hydrogen-bond donors (Lipinski definition) is 1. The van der Waals surface area contributed by atoms with Gasteiger partial charge in [0.2, 0.25) is 11.9 Å². The third-order valence-electron chi connectivity index (χ3n) is 3.28. The molecule has 0 spiro atoms. The summed E-state index contributed by atoms with van der Waals surface area (Å²) in [7, 11) is 0. The van der Waals surface area contributed by atoms with Crippen molar-refractivity contribution in [3.63, 3.8) is 0 Å². The molecule has 2 aromatic rings. The second-order valence-corrected chi connectivity index (χ2v) is 4.49. The molecule has 0 saturated carbocycles. The zero-order valence-electron chi connectivity index (χ0n) is 10.2. The zero-order chi connectivity index (χ0) is 13.4. The Morgan fingerprint density at radius 2 is 2.00 bits per heavy atom. The summed E-state index contributed by atoms with van der Waals surface area (Å²) in [6, 6.07) is 7.71. The number of carbonyl (C=O) groups is 2. The number of amides is 1. The van der Waals surface area contributed by atoms with Crippen LogP contribution in [0.25, 0.3) is 11.0 Å². The van der Waals surface area contributed by atoms with E-state index >= 15 is 0 Å². The normalized spacial score (nSPS) is 13.8. The highest BCUT2D eigenvalue weighted by Gasteiger charge is 2.28. The monoisotopic (exact) mass is 259 g/mol. The molecule has 6 heteroatoms. The van der Waals surface area contributed by atoms with Gasteiger partial charge in [-0.2, -0.15) is 0 Å². The maximum Gasteiger partial charge on any atom is 0.303 e. The van der Waals surface area contributed by atoms with Crippen LogP contribution in [0.1, 0.15) is 12.8 Å². The van der Waals surface area contributed by atoms with Crippen LogP contribution < -0.4 is 4.90 Å². The number of imidazole rings is 1. The van der Waals surface area contributed by atoms with Gasteiger partial charge in [0.15, 0.2) is 0 Å². The third-order valence-corrected chi connectivity index (χ3v) is 3.28. The SMILES string of the molecule is O=C(O)CCC(=O)N1CCn2c1nc1ccccc12. The number of fused-ring (bicyclic) bond motifs is 3. The van der Waals surface area contributed by atoms with E-state index in [9.17, 15) is 9.59 Å². The molecule has 98 valence electrons. The Balaban J connectivity index is 1.89. The number of rotatable bonds is 3. The van der Waals surface area contributed by atoms with E-state index in [1.165, 1.54) is 0 Å². The lowest BCUT2D eigenvalue weighted by molar-refractivity contribution is -0.138. The molecule has 6 nitrogen and oxygen atoms in total. The van der Waals surface area contributed by atoms with Crippen molar-refractivity contribution in [1.29, 1.82) is 0 Å². The lowest BCUT2D eigenvalue weighted by Gasteiger charge is -2.12. The van der Waals surface area contributed by atoms with Crippen molar-refractivity contribution in [3.05, 3.63) is 24.3 Å². The summed E-state index contributed by atoms with van der Waals surface area (Å²) >= 11 is 0. The first-order chi connectivity index (χ1) is 9.16. The van der Waals surface area contributed by atoms with E-state index in [4.69, 9.17) is 5.11 Å². The molecular weight excluding hydrogens is 246 g/mol. The van der Waals surface area contributed by atoms with Crippen molar-refractivity contribution < 1.29 is 14.7 Å². The van der Waals surface area contributed by atoms with Gasteiger partial charge >= 0.3 is 5.97 Å². The van der Waals surface area contributed by atoms with Crippen LogP contribution >= 0.6 is 0 Å². The summed E-state index contributed by atoms with van der Waals surface area (Å²) in [4.78, 5) is 28.5. The Bertz CT molecular complexity index is 662. The average Bonchev–Trinajstić information content (AvgIpc) is 2.94. The quantitative estimate of drug-likeness (QED) is 0.900. The van der Waals surface area contributed by atoms with E-state index in [2.05, 4.69) is 4.98 Å². The van der Waals surface area contributed by atoms with E-state index < -0.39 is 5.97 Å². The minimum Gasteiger partial charge on any atom is -0.481 e. The van der Waals surface area contributed by atoms with Crippen LogP contribution in [-0.2, 0) is 16.1 Å². The molecule has 1 aromatic carbocycles. The highest BCUT2D eigenvalue weighted by molar-refractivity contribution is 5.96. The van der Waals surface area contributed by atoms with E-state index in [1.807, 2.05) is 28.8 Å². The number of benzene rings is 1. The second-order valence-electron chi connectivity index (χ2n) is 4.49. The summed E-state index contributed by atoms with van der Waals surface area (Å²) in [5, 5.41) is 8.62. The lowest BCUT2D eigenvalue weighted by atomic mass is 10.3. The molecule has 3 rings (SSSR count). The van der Waals surface area contributed by atoms with E-state index in [1.54, 1.807) is 4.90 Å². The summed E-state index contributed by atoms with van der Waals surface area (Å²) in [6.45, 7) is 1.26. The molecule has 0 fully saturated rings. The van der Waals surface area contributed by atoms with Crippen LogP contribution in [0.5, 0.6) is 0 Å². The van der Waals surface area contributed by atoms with Gasteiger partial charge in [-0.15, -0.1) is 0 Å². The second kappa shape index (κ2) is 4.38. The van der Waals surface area contributed by atoms with Gasteiger partial charge in [0.05, 0.1) is 17.5 Å². The first-order valence-corrected chi connectivity index (χ1v) is 6.14. The Morgan fingerprint density at radius 1 is 1.21 bits per heavy atom. The fourth-order valence-corrected chi connectivity index (χ4v) is 2.37. The number of hydrogen-bond acceptors (Lipinski definition) is 3. The number of aromatic nitrogens is 2. The van der Waals surface area contributed by atoms with Crippen LogP contribution in [-0.4, -0.2) is 33.1 Å². The van der Waals surface area contributed by atoms with Crippen molar-refractivity contribution in [2.45, 2.75) is 19.4 Å². The number of aliphatic carboxylic acids is 1. The van der Waals surface area contributed by atoms with E-state index in [-0.39, 0.29) is 18.7 Å². The molecule has 1 N–H and O–H groups in total. The van der Waals surface area contributed by atoms with Gasteiger partial charge in [-0.05, 0) is 12.1 Å². The summed E-state index contributed by atoms with van der Waals surface area (Å²) in [6.07, 6.45) is -0.131. The number of nitrogens with zero attached hydrogens (tertiary/aromatic N) is 3. The number of anilines is 1. The Morgan fingerprint density at radius 3 is 2.79 bits per heavy atom. The lowest BCUT2D eigenvalue weighted by Crippen LogP contribution is -2.29. The van der Waals surface area contributed by atoms with Crippen LogP contribution in [0, 0.1) is 0 Å². The van der Waals surface area contributed by atoms with Gasteiger partial charge in [0.25, 0.3) is 0 Å². The predicted molar refractivity (Wildman–Crippen MR) is 69.0 cm³/mol. The molecule has 0 bridgehead atoms. The molecule has 0 saturated heterocycles. The van der Waals surface area contributed by atoms with Gasteiger partial charge in [0, 0.05) is 19.5 Å². The number of carboxylic acid groups (broad SMARTS) is 1. The molecule has 1 aliphatic rings. The molecule has 1 aromatic heterocycles. The Kier molecular flexibility index (Phi) is 2.70. The molecule has 0 atom stereocenters. The zero-order valence-corrected chi connectivity index (χ0v) is 10.2. The maximum absolute atomic E-state index is 12.0. The van der Waals surface area contributed by atoms with Crippen LogP contribution in [0.4, 0.5) is 5.95 Å². The summed E-state index contributed by atoms with van der Waals surface area (Å²) < 4.78 is 1.99. The molecule has 1 amide bonds. The van der Waals surface area contributed by atoms with Gasteiger partial charge < -0.3 is 9.67 Å². The fourth-order valence-electron chi connectivity index (χ4n) is 2.37. The minimum absolute atomic E-state index is 0.0124. The van der Waals surface area contributed by atoms with Crippen LogP contribution in [0.2, 0.25) is 0 Å². The third kappa shape index (κ3) is 1.95. The topological polar surface area (TPSA) is 75.4 Å². The van der Waals surface area contributed by atoms with Crippen LogP contribution in [0.15, 0.2) is 24.3 Å². The van der Waals surface area contributed by atoms with Crippen LogP contribution in [0.3, 0.4) is 0 Å². The fraction of sp³-hybridized carbons (Fsp3) is 0.308. The predicted octanol–water partition coefficient (Wildman–Crippen LogP) is 1.25. The molecule has 19 heavy (non-hydrogen) atoms. The molecule has 0 aliphatic carbocycles. The van der Waals surface area contributed by atoms with Gasteiger partial charge in [-0.1, -0.05) is 12.1 Å². The molecule has 2 heterocycles. The highest BCUT2D eigenvalue weighted by Crippen LogP contribution is 2.27. The molecule has 1 aliphatic heterocycles. The molecular formula is C13H13N3O3. The average molecular weight is 259 g/mol. The van der Waals surface area contributed by atoms with Gasteiger partial charge in [-0.25, -0.2) is 4.98 Å². The van der Waals surface area contributed by atoms with Crippen molar-refractivity contribution in [2.75, 3.05) is 11.4 Å². The van der Waals surface area contributed by atoms with Gasteiger partial charge in [0.1, 0.15) is 0 Å². The largest absolute Gasteiger partial charge is 0.481 e. The van der Waals surface area contributed by atoms with Gasteiger partial charge in [-0.3, -0.25) is 14.5 Å². The minimum atomic E-state index is -0.957. The molecule has 0 radical (unpaired) electrons. The van der Waals surface area contributed by atoms with Crippen molar-refractivity contribution >= 4 is 28.9 Å². The standard InChI is InChI=1S/C13H13N3O3/c17-11(5-6-12(18)19)16-8-7-15-10-4-2-1-3-9(10)14-13(15)16/h1-4H,5-8H2,(H,18,19). The van der Waals surface area contributed by atoms with Crippen molar-refractivity contribution in [2.24, 2.45) is 0 Å². The highest BCUT2D eigenvalue weighted by atomic mass is 16.4. The summed E-state index contributed by atoms with van der Waals surface area (Å²) in [5.41, 5.74) is 1.86. The van der Waals surface area contributed by atoms with Crippen molar-refractivity contribution in [3.8, 4) is 0 Å². The first-order valence-electron chi connectivity index (χ1n) is 6.14.